The van der Waals surface area contributed by atoms with Crippen LogP contribution in [0.5, 0.6) is 0 Å². The SMILES string of the molecule is NC(CO)c1noc(-c2cc(Br)ccc2I)n1. The highest BCUT2D eigenvalue weighted by molar-refractivity contribution is 14.1. The minimum atomic E-state index is -0.614. The van der Waals surface area contributed by atoms with Gasteiger partial charge in [0.25, 0.3) is 5.89 Å². The highest BCUT2D eigenvalue weighted by Crippen LogP contribution is 2.27. The maximum Gasteiger partial charge on any atom is 0.259 e. The van der Waals surface area contributed by atoms with Crippen LogP contribution in [0.15, 0.2) is 27.2 Å². The van der Waals surface area contributed by atoms with E-state index in [2.05, 4.69) is 48.7 Å². The summed E-state index contributed by atoms with van der Waals surface area (Å²) < 4.78 is 7.06. The number of aliphatic hydroxyl groups excluding tert-OH is 1. The molecule has 0 saturated carbocycles. The van der Waals surface area contributed by atoms with Gasteiger partial charge in [-0.3, -0.25) is 0 Å². The van der Waals surface area contributed by atoms with Gasteiger partial charge < -0.3 is 15.4 Å². The van der Waals surface area contributed by atoms with Crippen molar-refractivity contribution in [2.45, 2.75) is 6.04 Å². The van der Waals surface area contributed by atoms with E-state index in [0.29, 0.717) is 11.7 Å². The van der Waals surface area contributed by atoms with Gasteiger partial charge in [-0.05, 0) is 40.8 Å². The van der Waals surface area contributed by atoms with E-state index in [1.54, 1.807) is 0 Å². The molecule has 7 heteroatoms. The van der Waals surface area contributed by atoms with Crippen LogP contribution in [-0.4, -0.2) is 21.9 Å². The molecule has 0 aliphatic rings. The zero-order valence-electron chi connectivity index (χ0n) is 8.60. The predicted molar refractivity (Wildman–Crippen MR) is 74.2 cm³/mol. The van der Waals surface area contributed by atoms with Gasteiger partial charge in [-0.25, -0.2) is 0 Å². The third-order valence-electron chi connectivity index (χ3n) is 2.13. The van der Waals surface area contributed by atoms with Crippen molar-refractivity contribution in [3.63, 3.8) is 0 Å². The van der Waals surface area contributed by atoms with E-state index in [4.69, 9.17) is 15.4 Å². The van der Waals surface area contributed by atoms with E-state index in [0.717, 1.165) is 13.6 Å². The largest absolute Gasteiger partial charge is 0.394 e. The molecule has 90 valence electrons. The number of nitrogens with zero attached hydrogens (tertiary/aromatic N) is 2. The van der Waals surface area contributed by atoms with Gasteiger partial charge in [0.2, 0.25) is 0 Å². The van der Waals surface area contributed by atoms with E-state index in [-0.39, 0.29) is 6.61 Å². The van der Waals surface area contributed by atoms with Crippen LogP contribution in [0, 0.1) is 3.57 Å². The average molecular weight is 410 g/mol. The molecule has 0 aliphatic heterocycles. The van der Waals surface area contributed by atoms with Gasteiger partial charge in [-0.1, -0.05) is 21.1 Å². The molecule has 2 rings (SSSR count). The number of benzene rings is 1. The van der Waals surface area contributed by atoms with E-state index in [1.165, 1.54) is 0 Å². The molecule has 1 heterocycles. The Morgan fingerprint density at radius 1 is 1.53 bits per heavy atom. The molecule has 0 radical (unpaired) electrons. The lowest BCUT2D eigenvalue weighted by atomic mass is 10.2. The average Bonchev–Trinajstić information content (AvgIpc) is 2.80. The predicted octanol–water partition coefficient (Wildman–Crippen LogP) is 2.10. The second kappa shape index (κ2) is 5.42. The summed E-state index contributed by atoms with van der Waals surface area (Å²) in [5.41, 5.74) is 6.44. The molecule has 2 aromatic rings. The van der Waals surface area contributed by atoms with Crippen molar-refractivity contribution < 1.29 is 9.63 Å². The summed E-state index contributed by atoms with van der Waals surface area (Å²) in [6, 6.07) is 5.15. The minimum absolute atomic E-state index is 0.214. The van der Waals surface area contributed by atoms with Crippen molar-refractivity contribution >= 4 is 38.5 Å². The number of hydrogen-bond acceptors (Lipinski definition) is 5. The van der Waals surface area contributed by atoms with Gasteiger partial charge in [0.05, 0.1) is 18.2 Å². The van der Waals surface area contributed by atoms with Crippen LogP contribution in [0.2, 0.25) is 0 Å². The van der Waals surface area contributed by atoms with E-state index >= 15 is 0 Å². The smallest absolute Gasteiger partial charge is 0.259 e. The quantitative estimate of drug-likeness (QED) is 0.758. The Balaban J connectivity index is 2.40. The Bertz CT molecular complexity index is 532. The van der Waals surface area contributed by atoms with Gasteiger partial charge >= 0.3 is 0 Å². The lowest BCUT2D eigenvalue weighted by molar-refractivity contribution is 0.260. The zero-order valence-corrected chi connectivity index (χ0v) is 12.3. The van der Waals surface area contributed by atoms with Crippen molar-refractivity contribution in [1.29, 1.82) is 0 Å². The van der Waals surface area contributed by atoms with Crippen LogP contribution in [0.4, 0.5) is 0 Å². The Kier molecular flexibility index (Phi) is 4.13. The zero-order chi connectivity index (χ0) is 12.4. The number of nitrogens with two attached hydrogens (primary N) is 1. The van der Waals surface area contributed by atoms with Crippen LogP contribution >= 0.6 is 38.5 Å². The molecule has 0 bridgehead atoms. The molecular formula is C10H9BrIN3O2. The number of aliphatic hydroxyl groups is 1. The highest BCUT2D eigenvalue weighted by Gasteiger charge is 2.16. The first-order valence-corrected chi connectivity index (χ1v) is 6.64. The second-order valence-corrected chi connectivity index (χ2v) is 5.45. The van der Waals surface area contributed by atoms with Crippen LogP contribution in [0.25, 0.3) is 11.5 Å². The van der Waals surface area contributed by atoms with Crippen molar-refractivity contribution in [1.82, 2.24) is 10.1 Å². The standard InChI is InChI=1S/C10H9BrIN3O2/c11-5-1-2-7(12)6(3-5)10-14-9(15-17-10)8(13)4-16/h1-3,8,16H,4,13H2. The van der Waals surface area contributed by atoms with Gasteiger partial charge in [-0.15, -0.1) is 0 Å². The summed E-state index contributed by atoms with van der Waals surface area (Å²) in [6.45, 7) is -0.214. The Morgan fingerprint density at radius 3 is 3.00 bits per heavy atom. The minimum Gasteiger partial charge on any atom is -0.394 e. The molecule has 0 spiro atoms. The highest BCUT2D eigenvalue weighted by atomic mass is 127. The van der Waals surface area contributed by atoms with Crippen LogP contribution in [-0.2, 0) is 0 Å². The molecule has 0 aliphatic carbocycles. The van der Waals surface area contributed by atoms with Gasteiger partial charge in [-0.2, -0.15) is 4.98 Å². The molecule has 17 heavy (non-hydrogen) atoms. The van der Waals surface area contributed by atoms with Gasteiger partial charge in [0.15, 0.2) is 5.82 Å². The van der Waals surface area contributed by atoms with E-state index in [9.17, 15) is 0 Å². The maximum atomic E-state index is 8.91. The molecule has 0 amide bonds. The summed E-state index contributed by atoms with van der Waals surface area (Å²) in [5, 5.41) is 12.7. The monoisotopic (exact) mass is 409 g/mol. The van der Waals surface area contributed by atoms with Crippen molar-refractivity contribution in [2.24, 2.45) is 5.73 Å². The Morgan fingerprint density at radius 2 is 2.29 bits per heavy atom. The molecule has 3 N–H and O–H groups in total. The summed E-state index contributed by atoms with van der Waals surface area (Å²) in [7, 11) is 0. The summed E-state index contributed by atoms with van der Waals surface area (Å²) in [4.78, 5) is 4.16. The van der Waals surface area contributed by atoms with Gasteiger partial charge in [0, 0.05) is 8.04 Å². The van der Waals surface area contributed by atoms with Gasteiger partial charge in [0.1, 0.15) is 0 Å². The first-order chi connectivity index (χ1) is 8.11. The summed E-state index contributed by atoms with van der Waals surface area (Å²) in [6.07, 6.45) is 0. The summed E-state index contributed by atoms with van der Waals surface area (Å²) in [5.74, 6) is 0.702. The van der Waals surface area contributed by atoms with Crippen molar-refractivity contribution in [3.8, 4) is 11.5 Å². The van der Waals surface area contributed by atoms with Crippen molar-refractivity contribution in [2.75, 3.05) is 6.61 Å². The molecule has 5 nitrogen and oxygen atoms in total. The lowest BCUT2D eigenvalue weighted by Crippen LogP contribution is -2.15. The molecule has 0 saturated heterocycles. The fourth-order valence-corrected chi connectivity index (χ4v) is 2.17. The number of hydrogen-bond donors (Lipinski definition) is 2. The first kappa shape index (κ1) is 12.9. The Labute approximate surface area is 120 Å². The molecule has 0 fully saturated rings. The topological polar surface area (TPSA) is 85.2 Å². The second-order valence-electron chi connectivity index (χ2n) is 3.37. The fraction of sp³-hybridized carbons (Fsp3) is 0.200. The van der Waals surface area contributed by atoms with Crippen LogP contribution in [0.3, 0.4) is 0 Å². The molecular weight excluding hydrogens is 401 g/mol. The first-order valence-electron chi connectivity index (χ1n) is 4.77. The molecule has 1 aromatic carbocycles. The lowest BCUT2D eigenvalue weighted by Gasteiger charge is -2.00. The number of aromatic nitrogens is 2. The van der Waals surface area contributed by atoms with Crippen LogP contribution in [0.1, 0.15) is 11.9 Å². The maximum absolute atomic E-state index is 8.91. The van der Waals surface area contributed by atoms with E-state index < -0.39 is 6.04 Å². The van der Waals surface area contributed by atoms with Crippen LogP contribution < -0.4 is 5.73 Å². The van der Waals surface area contributed by atoms with Crippen molar-refractivity contribution in [3.05, 3.63) is 32.1 Å². The fourth-order valence-electron chi connectivity index (χ4n) is 1.24. The normalized spacial score (nSPS) is 12.7. The third-order valence-corrected chi connectivity index (χ3v) is 3.56. The number of rotatable bonds is 3. The molecule has 1 unspecified atom stereocenters. The summed E-state index contributed by atoms with van der Waals surface area (Å²) >= 11 is 5.57. The Hall–Kier alpha value is -0.510. The van der Waals surface area contributed by atoms with E-state index in [1.807, 2.05) is 18.2 Å². The molecule has 1 atom stereocenters. The number of halogens is 2. The third kappa shape index (κ3) is 2.84. The molecule has 1 aromatic heterocycles.